The Labute approximate surface area is 211 Å². The lowest BCUT2D eigenvalue weighted by Crippen LogP contribution is -2.24. The molecule has 0 saturated carbocycles. The summed E-state index contributed by atoms with van der Waals surface area (Å²) in [7, 11) is -1.36. The van der Waals surface area contributed by atoms with Gasteiger partial charge in [-0.3, -0.25) is 4.79 Å². The number of benzene rings is 1. The van der Waals surface area contributed by atoms with Crippen LogP contribution in [0.5, 0.6) is 11.5 Å². The lowest BCUT2D eigenvalue weighted by Gasteiger charge is -2.12. The summed E-state index contributed by atoms with van der Waals surface area (Å²) in [5.41, 5.74) is 1.49. The summed E-state index contributed by atoms with van der Waals surface area (Å²) in [5, 5.41) is 9.58. The standard InChI is InChI=1S/C23H25N3O8S2/c1-4-33-22(28)19-14-7-5-6-8-17(14)35-21(19)24-18(27)12-36(29,30)23-26-25-20(34-23)15-11-13(31-2)9-10-16(15)32-3/h9-11H,4-8,12H2,1-3H3,(H,24,27). The molecule has 13 heteroatoms. The van der Waals surface area contributed by atoms with Crippen molar-refractivity contribution in [1.29, 1.82) is 0 Å². The third-order valence-corrected chi connectivity index (χ3v) is 8.08. The minimum atomic E-state index is -4.28. The van der Waals surface area contributed by atoms with Gasteiger partial charge in [-0.2, -0.15) is 0 Å². The Morgan fingerprint density at radius 3 is 2.64 bits per heavy atom. The van der Waals surface area contributed by atoms with Crippen LogP contribution in [0.15, 0.2) is 27.8 Å². The second-order valence-corrected chi connectivity index (χ2v) is 10.9. The fourth-order valence-corrected chi connectivity index (χ4v) is 6.10. The molecular formula is C23H25N3O8S2. The minimum absolute atomic E-state index is 0.111. The second-order valence-electron chi connectivity index (χ2n) is 7.88. The largest absolute Gasteiger partial charge is 0.497 e. The fourth-order valence-electron chi connectivity index (χ4n) is 3.90. The van der Waals surface area contributed by atoms with Crippen molar-refractivity contribution < 1.29 is 36.6 Å². The van der Waals surface area contributed by atoms with E-state index in [1.807, 2.05) is 0 Å². The number of hydrogen-bond acceptors (Lipinski definition) is 11. The average Bonchev–Trinajstić information content (AvgIpc) is 3.49. The summed E-state index contributed by atoms with van der Waals surface area (Å²) in [4.78, 5) is 26.3. The Morgan fingerprint density at radius 1 is 1.14 bits per heavy atom. The van der Waals surface area contributed by atoms with Gasteiger partial charge in [0.15, 0.2) is 0 Å². The molecule has 0 atom stereocenters. The second kappa shape index (κ2) is 10.7. The zero-order chi connectivity index (χ0) is 25.9. The first-order valence-corrected chi connectivity index (χ1v) is 13.6. The smallest absolute Gasteiger partial charge is 0.341 e. The number of fused-ring (bicyclic) bond motifs is 1. The number of thiophene rings is 1. The van der Waals surface area contributed by atoms with Crippen LogP contribution in [0.1, 0.15) is 40.6 Å². The first-order valence-electron chi connectivity index (χ1n) is 11.2. The van der Waals surface area contributed by atoms with Crippen molar-refractivity contribution in [1.82, 2.24) is 10.2 Å². The maximum atomic E-state index is 12.9. The van der Waals surface area contributed by atoms with Gasteiger partial charge in [0.05, 0.1) is 32.0 Å². The van der Waals surface area contributed by atoms with E-state index < -0.39 is 32.7 Å². The molecule has 0 fully saturated rings. The molecule has 0 radical (unpaired) electrons. The van der Waals surface area contributed by atoms with E-state index in [0.717, 1.165) is 29.7 Å². The highest BCUT2D eigenvalue weighted by Gasteiger charge is 2.31. The lowest BCUT2D eigenvalue weighted by atomic mass is 9.95. The summed E-state index contributed by atoms with van der Waals surface area (Å²) in [5.74, 6) is -1.59. The number of carbonyl (C=O) groups is 2. The molecule has 2 aromatic heterocycles. The molecule has 0 bridgehead atoms. The van der Waals surface area contributed by atoms with Gasteiger partial charge >= 0.3 is 11.2 Å². The van der Waals surface area contributed by atoms with Crippen molar-refractivity contribution in [2.75, 3.05) is 31.9 Å². The predicted molar refractivity (Wildman–Crippen MR) is 130 cm³/mol. The van der Waals surface area contributed by atoms with Crippen molar-refractivity contribution >= 4 is 38.1 Å². The van der Waals surface area contributed by atoms with Crippen LogP contribution < -0.4 is 14.8 Å². The van der Waals surface area contributed by atoms with E-state index in [1.165, 1.54) is 25.6 Å². The predicted octanol–water partition coefficient (Wildman–Crippen LogP) is 3.28. The van der Waals surface area contributed by atoms with E-state index in [0.29, 0.717) is 29.0 Å². The molecule has 3 aromatic rings. The van der Waals surface area contributed by atoms with Gasteiger partial charge in [0.25, 0.3) is 5.89 Å². The zero-order valence-electron chi connectivity index (χ0n) is 20.0. The Kier molecular flexibility index (Phi) is 7.59. The number of rotatable bonds is 9. The van der Waals surface area contributed by atoms with Gasteiger partial charge in [-0.15, -0.1) is 16.4 Å². The van der Waals surface area contributed by atoms with Gasteiger partial charge < -0.3 is 23.9 Å². The number of anilines is 1. The minimum Gasteiger partial charge on any atom is -0.497 e. The van der Waals surface area contributed by atoms with E-state index in [4.69, 9.17) is 18.6 Å². The monoisotopic (exact) mass is 535 g/mol. The van der Waals surface area contributed by atoms with Crippen molar-refractivity contribution in [3.63, 3.8) is 0 Å². The van der Waals surface area contributed by atoms with Crippen LogP contribution in [0.25, 0.3) is 11.5 Å². The lowest BCUT2D eigenvalue weighted by molar-refractivity contribution is -0.113. The normalized spacial score (nSPS) is 13.1. The van der Waals surface area contributed by atoms with Crippen LogP contribution in [0.3, 0.4) is 0 Å². The Balaban J connectivity index is 1.55. The van der Waals surface area contributed by atoms with E-state index >= 15 is 0 Å². The Hall–Kier alpha value is -3.45. The molecule has 2 heterocycles. The highest BCUT2D eigenvalue weighted by molar-refractivity contribution is 7.91. The highest BCUT2D eigenvalue weighted by Crippen LogP contribution is 2.39. The maximum absolute atomic E-state index is 12.9. The SMILES string of the molecule is CCOC(=O)c1c(NC(=O)CS(=O)(=O)c2nnc(-c3cc(OC)ccc3OC)o2)sc2c1CCCC2. The van der Waals surface area contributed by atoms with Crippen molar-refractivity contribution in [2.45, 2.75) is 37.8 Å². The summed E-state index contributed by atoms with van der Waals surface area (Å²) in [6, 6.07) is 4.83. The number of amides is 1. The number of sulfone groups is 1. The van der Waals surface area contributed by atoms with E-state index in [1.54, 1.807) is 25.1 Å². The van der Waals surface area contributed by atoms with Crippen LogP contribution in [0.4, 0.5) is 5.00 Å². The molecule has 1 aliphatic rings. The van der Waals surface area contributed by atoms with Gasteiger partial charge in [0, 0.05) is 4.88 Å². The number of esters is 1. The molecule has 1 aromatic carbocycles. The summed E-state index contributed by atoms with van der Waals surface area (Å²) in [6.45, 7) is 1.88. The molecule has 11 nitrogen and oxygen atoms in total. The highest BCUT2D eigenvalue weighted by atomic mass is 32.2. The third-order valence-electron chi connectivity index (χ3n) is 5.53. The topological polar surface area (TPSA) is 147 Å². The molecule has 0 spiro atoms. The van der Waals surface area contributed by atoms with Crippen LogP contribution >= 0.6 is 11.3 Å². The number of nitrogens with one attached hydrogen (secondary N) is 1. The van der Waals surface area contributed by atoms with Gasteiger partial charge in [-0.25, -0.2) is 13.2 Å². The number of aromatic nitrogens is 2. The number of hydrogen-bond donors (Lipinski definition) is 1. The summed E-state index contributed by atoms with van der Waals surface area (Å²) in [6.07, 6.45) is 3.40. The molecule has 1 amide bonds. The number of methoxy groups -OCH3 is 2. The molecule has 4 rings (SSSR count). The van der Waals surface area contributed by atoms with Crippen LogP contribution in [0, 0.1) is 0 Å². The maximum Gasteiger partial charge on any atom is 0.341 e. The van der Waals surface area contributed by atoms with Crippen molar-refractivity contribution in [2.24, 2.45) is 0 Å². The number of carbonyl (C=O) groups excluding carboxylic acids is 2. The first kappa shape index (κ1) is 25.6. The fraction of sp³-hybridized carbons (Fsp3) is 0.391. The van der Waals surface area contributed by atoms with Crippen molar-refractivity contribution in [3.05, 3.63) is 34.2 Å². The van der Waals surface area contributed by atoms with E-state index in [-0.39, 0.29) is 17.5 Å². The molecule has 0 saturated heterocycles. The first-order chi connectivity index (χ1) is 17.3. The van der Waals surface area contributed by atoms with Crippen molar-refractivity contribution in [3.8, 4) is 23.0 Å². The molecule has 1 aliphatic carbocycles. The van der Waals surface area contributed by atoms with Crippen LogP contribution in [0.2, 0.25) is 0 Å². The number of nitrogens with zero attached hydrogens (tertiary/aromatic N) is 2. The third kappa shape index (κ3) is 5.21. The zero-order valence-corrected chi connectivity index (χ0v) is 21.6. The molecule has 192 valence electrons. The van der Waals surface area contributed by atoms with E-state index in [9.17, 15) is 18.0 Å². The van der Waals surface area contributed by atoms with Gasteiger partial charge in [0.1, 0.15) is 22.3 Å². The molecule has 0 unspecified atom stereocenters. The van der Waals surface area contributed by atoms with Gasteiger partial charge in [0.2, 0.25) is 15.7 Å². The molecule has 36 heavy (non-hydrogen) atoms. The Bertz CT molecular complexity index is 1390. The number of ether oxygens (including phenoxy) is 3. The summed E-state index contributed by atoms with van der Waals surface area (Å²) < 4.78 is 46.8. The van der Waals surface area contributed by atoms with Crippen LogP contribution in [-0.4, -0.2) is 57.1 Å². The average molecular weight is 536 g/mol. The van der Waals surface area contributed by atoms with E-state index in [2.05, 4.69) is 15.5 Å². The van der Waals surface area contributed by atoms with Gasteiger partial charge in [-0.1, -0.05) is 5.10 Å². The summed E-state index contributed by atoms with van der Waals surface area (Å²) >= 11 is 1.27. The molecule has 1 N–H and O–H groups in total. The Morgan fingerprint density at radius 2 is 1.92 bits per heavy atom. The number of aryl methyl sites for hydroxylation is 1. The van der Waals surface area contributed by atoms with Crippen LogP contribution in [-0.2, 0) is 32.2 Å². The van der Waals surface area contributed by atoms with Gasteiger partial charge in [-0.05, 0) is 56.4 Å². The quantitative estimate of drug-likeness (QED) is 0.405. The molecular weight excluding hydrogens is 510 g/mol. The molecule has 0 aliphatic heterocycles.